The normalized spacial score (nSPS) is 16.1. The van der Waals surface area contributed by atoms with E-state index < -0.39 is 18.4 Å². The fraction of sp³-hybridized carbons (Fsp3) is 0.400. The van der Waals surface area contributed by atoms with E-state index in [1.54, 1.807) is 6.07 Å². The van der Waals surface area contributed by atoms with Gasteiger partial charge in [-0.3, -0.25) is 0 Å². The van der Waals surface area contributed by atoms with Crippen LogP contribution in [0.4, 0.5) is 13.2 Å². The average Bonchev–Trinajstić information content (AvgIpc) is 2.20. The lowest BCUT2D eigenvalue weighted by molar-refractivity contribution is -0.287. The van der Waals surface area contributed by atoms with E-state index in [1.165, 1.54) is 24.3 Å². The molecule has 0 aliphatic rings. The molecule has 0 aliphatic heterocycles. The van der Waals surface area contributed by atoms with E-state index in [2.05, 4.69) is 4.74 Å². The summed E-state index contributed by atoms with van der Waals surface area (Å²) in [5, 5.41) is 8.92. The molecule has 0 radical (unpaired) electrons. The van der Waals surface area contributed by atoms with Crippen molar-refractivity contribution in [3.8, 4) is 0 Å². The van der Waals surface area contributed by atoms with E-state index >= 15 is 0 Å². The highest BCUT2D eigenvalue weighted by Gasteiger charge is 2.56. The van der Waals surface area contributed by atoms with Crippen LogP contribution in [0.2, 0.25) is 0 Å². The van der Waals surface area contributed by atoms with E-state index in [4.69, 9.17) is 5.11 Å². The number of benzene rings is 1. The van der Waals surface area contributed by atoms with Crippen molar-refractivity contribution >= 4 is 0 Å². The third-order valence-electron chi connectivity index (χ3n) is 2.27. The summed E-state index contributed by atoms with van der Waals surface area (Å²) in [6.07, 6.45) is -4.65. The summed E-state index contributed by atoms with van der Waals surface area (Å²) >= 11 is 0. The van der Waals surface area contributed by atoms with Gasteiger partial charge < -0.3 is 9.84 Å². The lowest BCUT2D eigenvalue weighted by Crippen LogP contribution is -2.47. The number of ether oxygens (including phenoxy) is 1. The molecule has 0 spiro atoms. The first-order chi connectivity index (χ1) is 6.98. The molecular formula is C10H11F3O2. The topological polar surface area (TPSA) is 29.5 Å². The van der Waals surface area contributed by atoms with E-state index in [0.717, 1.165) is 7.11 Å². The van der Waals surface area contributed by atoms with Crippen LogP contribution < -0.4 is 0 Å². The smallest absolute Gasteiger partial charge is 0.393 e. The summed E-state index contributed by atoms with van der Waals surface area (Å²) in [4.78, 5) is 0. The molecule has 0 amide bonds. The minimum atomic E-state index is -4.65. The van der Waals surface area contributed by atoms with Gasteiger partial charge in [0, 0.05) is 7.11 Å². The molecule has 1 aromatic rings. The van der Waals surface area contributed by atoms with E-state index in [9.17, 15) is 13.2 Å². The Balaban J connectivity index is 3.24. The Kier molecular flexibility index (Phi) is 3.36. The third-order valence-corrected chi connectivity index (χ3v) is 2.27. The summed E-state index contributed by atoms with van der Waals surface area (Å²) in [7, 11) is 0.927. The van der Waals surface area contributed by atoms with Crippen LogP contribution in [0.15, 0.2) is 30.3 Å². The summed E-state index contributed by atoms with van der Waals surface area (Å²) in [6, 6.07) is 7.06. The lowest BCUT2D eigenvalue weighted by atomic mass is 9.94. The Morgan fingerprint density at radius 2 is 1.73 bits per heavy atom. The van der Waals surface area contributed by atoms with Gasteiger partial charge in [-0.25, -0.2) is 0 Å². The van der Waals surface area contributed by atoms with Crippen LogP contribution in [0.25, 0.3) is 0 Å². The molecule has 2 nitrogen and oxygen atoms in total. The Morgan fingerprint density at radius 1 is 1.20 bits per heavy atom. The molecule has 0 fully saturated rings. The second kappa shape index (κ2) is 4.20. The predicted molar refractivity (Wildman–Crippen MR) is 48.3 cm³/mol. The molecule has 1 rings (SSSR count). The van der Waals surface area contributed by atoms with Gasteiger partial charge in [-0.15, -0.1) is 0 Å². The monoisotopic (exact) mass is 220 g/mol. The highest BCUT2D eigenvalue weighted by molar-refractivity contribution is 5.24. The molecule has 0 saturated carbocycles. The van der Waals surface area contributed by atoms with Crippen LogP contribution in [0.3, 0.4) is 0 Å². The highest BCUT2D eigenvalue weighted by atomic mass is 19.4. The van der Waals surface area contributed by atoms with Crippen molar-refractivity contribution in [2.45, 2.75) is 11.8 Å². The number of hydrogen-bond donors (Lipinski definition) is 1. The Bertz CT molecular complexity index is 304. The number of alkyl halides is 3. The fourth-order valence-corrected chi connectivity index (χ4v) is 1.35. The van der Waals surface area contributed by atoms with Crippen molar-refractivity contribution in [2.24, 2.45) is 0 Å². The van der Waals surface area contributed by atoms with Crippen molar-refractivity contribution in [1.29, 1.82) is 0 Å². The first-order valence-corrected chi connectivity index (χ1v) is 4.26. The van der Waals surface area contributed by atoms with Crippen molar-refractivity contribution in [1.82, 2.24) is 0 Å². The van der Waals surface area contributed by atoms with Gasteiger partial charge in [0.1, 0.15) is 0 Å². The summed E-state index contributed by atoms with van der Waals surface area (Å²) < 4.78 is 42.8. The van der Waals surface area contributed by atoms with Crippen LogP contribution >= 0.6 is 0 Å². The van der Waals surface area contributed by atoms with Crippen molar-refractivity contribution < 1.29 is 23.0 Å². The second-order valence-corrected chi connectivity index (χ2v) is 3.05. The van der Waals surface area contributed by atoms with E-state index in [0.29, 0.717) is 0 Å². The SMILES string of the molecule is CO[C@](CO)(c1ccccc1)C(F)(F)F. The maximum absolute atomic E-state index is 12.8. The van der Waals surface area contributed by atoms with Crippen LogP contribution in [0.1, 0.15) is 5.56 Å². The van der Waals surface area contributed by atoms with Gasteiger partial charge in [0.05, 0.1) is 6.61 Å². The lowest BCUT2D eigenvalue weighted by Gasteiger charge is -2.32. The van der Waals surface area contributed by atoms with Crippen molar-refractivity contribution in [3.05, 3.63) is 35.9 Å². The first kappa shape index (κ1) is 12.0. The standard InChI is InChI=1S/C10H11F3O2/c1-15-9(7-14,10(11,12)13)8-5-3-2-4-6-8/h2-6,14H,7H2,1H3/t9-/m1/s1. The molecule has 84 valence electrons. The van der Waals surface area contributed by atoms with Crippen LogP contribution in [-0.4, -0.2) is 25.0 Å². The zero-order chi connectivity index (χ0) is 11.5. The molecule has 1 aromatic carbocycles. The molecule has 5 heteroatoms. The van der Waals surface area contributed by atoms with Gasteiger partial charge in [-0.1, -0.05) is 30.3 Å². The molecule has 0 saturated heterocycles. The maximum atomic E-state index is 12.8. The molecule has 15 heavy (non-hydrogen) atoms. The number of halogens is 3. The van der Waals surface area contributed by atoms with Crippen LogP contribution in [-0.2, 0) is 10.3 Å². The second-order valence-electron chi connectivity index (χ2n) is 3.05. The highest BCUT2D eigenvalue weighted by Crippen LogP contribution is 2.41. The molecule has 0 aliphatic carbocycles. The molecule has 0 unspecified atom stereocenters. The van der Waals surface area contributed by atoms with Gasteiger partial charge in [0.15, 0.2) is 0 Å². The largest absolute Gasteiger partial charge is 0.423 e. The molecular weight excluding hydrogens is 209 g/mol. The number of hydrogen-bond acceptors (Lipinski definition) is 2. The Labute approximate surface area is 85.3 Å². The van der Waals surface area contributed by atoms with Gasteiger partial charge in [0.25, 0.3) is 0 Å². The zero-order valence-electron chi connectivity index (χ0n) is 8.08. The first-order valence-electron chi connectivity index (χ1n) is 4.26. The predicted octanol–water partition coefficient (Wildman–Crippen LogP) is 2.08. The molecule has 0 aromatic heterocycles. The van der Waals surface area contributed by atoms with Gasteiger partial charge >= 0.3 is 6.18 Å². The average molecular weight is 220 g/mol. The number of aliphatic hydroxyl groups excluding tert-OH is 1. The summed E-state index contributed by atoms with van der Waals surface area (Å²) in [6.45, 7) is -1.14. The minimum Gasteiger partial charge on any atom is -0.393 e. The molecule has 1 atom stereocenters. The van der Waals surface area contributed by atoms with Crippen LogP contribution in [0.5, 0.6) is 0 Å². The molecule has 0 bridgehead atoms. The Hall–Kier alpha value is -1.07. The van der Waals surface area contributed by atoms with Crippen molar-refractivity contribution in [2.75, 3.05) is 13.7 Å². The Morgan fingerprint density at radius 3 is 2.07 bits per heavy atom. The quantitative estimate of drug-likeness (QED) is 0.845. The number of methoxy groups -OCH3 is 1. The summed E-state index contributed by atoms with van der Waals surface area (Å²) in [5.74, 6) is 0. The van der Waals surface area contributed by atoms with Gasteiger partial charge in [0.2, 0.25) is 5.60 Å². The van der Waals surface area contributed by atoms with E-state index in [-0.39, 0.29) is 5.56 Å². The third kappa shape index (κ3) is 1.98. The van der Waals surface area contributed by atoms with Crippen molar-refractivity contribution in [3.63, 3.8) is 0 Å². The zero-order valence-corrected chi connectivity index (χ0v) is 8.08. The fourth-order valence-electron chi connectivity index (χ4n) is 1.35. The number of aliphatic hydroxyl groups is 1. The van der Waals surface area contributed by atoms with Gasteiger partial charge in [-0.05, 0) is 5.56 Å². The number of rotatable bonds is 3. The van der Waals surface area contributed by atoms with E-state index in [1.807, 2.05) is 0 Å². The maximum Gasteiger partial charge on any atom is 0.423 e. The van der Waals surface area contributed by atoms with Gasteiger partial charge in [-0.2, -0.15) is 13.2 Å². The summed E-state index contributed by atoms with van der Waals surface area (Å²) in [5.41, 5.74) is -2.74. The molecule has 0 heterocycles. The molecule has 1 N–H and O–H groups in total. The van der Waals surface area contributed by atoms with Crippen LogP contribution in [0, 0.1) is 0 Å². The minimum absolute atomic E-state index is 0.109.